The van der Waals surface area contributed by atoms with E-state index in [9.17, 15) is 9.59 Å². The van der Waals surface area contributed by atoms with Gasteiger partial charge in [0.25, 0.3) is 5.56 Å². The molecule has 2 N–H and O–H groups in total. The predicted octanol–water partition coefficient (Wildman–Crippen LogP) is 3.00. The van der Waals surface area contributed by atoms with Crippen molar-refractivity contribution in [1.82, 2.24) is 9.55 Å². The Kier molecular flexibility index (Phi) is 5.98. The summed E-state index contributed by atoms with van der Waals surface area (Å²) in [6, 6.07) is 7.37. The summed E-state index contributed by atoms with van der Waals surface area (Å²) >= 11 is 8.82. The number of rotatable bonds is 7. The summed E-state index contributed by atoms with van der Waals surface area (Å²) in [5.74, 6) is -0.418. The first-order chi connectivity index (χ1) is 12.5. The molecular weight excluding hydrogens is 394 g/mol. The molecule has 0 fully saturated rings. The number of aromatic nitrogens is 2. The number of carbonyl (C=O) groups excluding carboxylic acids is 1. The van der Waals surface area contributed by atoms with E-state index in [2.05, 4.69) is 4.98 Å². The number of thiophene rings is 1. The van der Waals surface area contributed by atoms with Gasteiger partial charge in [0.1, 0.15) is 4.83 Å². The van der Waals surface area contributed by atoms with Crippen molar-refractivity contribution in [2.45, 2.75) is 11.7 Å². The Labute approximate surface area is 162 Å². The Hall–Kier alpha value is -1.87. The molecule has 3 aromatic rings. The molecule has 6 nitrogen and oxygen atoms in total. The Morgan fingerprint density at radius 3 is 2.85 bits per heavy atom. The first-order valence-electron chi connectivity index (χ1n) is 7.70. The number of fused-ring (bicyclic) bond motifs is 1. The maximum atomic E-state index is 13.2. The van der Waals surface area contributed by atoms with Crippen LogP contribution in [-0.4, -0.2) is 34.9 Å². The van der Waals surface area contributed by atoms with Gasteiger partial charge in [-0.25, -0.2) is 4.98 Å². The molecule has 0 unspecified atom stereocenters. The van der Waals surface area contributed by atoms with Crippen molar-refractivity contribution in [3.63, 3.8) is 0 Å². The highest BCUT2D eigenvalue weighted by Crippen LogP contribution is 2.35. The van der Waals surface area contributed by atoms with Gasteiger partial charge in [-0.05, 0) is 6.07 Å². The molecule has 0 bridgehead atoms. The summed E-state index contributed by atoms with van der Waals surface area (Å²) in [6.45, 7) is 0.681. The number of thioether (sulfide) groups is 1. The molecule has 136 valence electrons. The van der Waals surface area contributed by atoms with Gasteiger partial charge < -0.3 is 10.5 Å². The third kappa shape index (κ3) is 3.78. The summed E-state index contributed by atoms with van der Waals surface area (Å²) in [5.41, 5.74) is 6.58. The number of benzene rings is 1. The summed E-state index contributed by atoms with van der Waals surface area (Å²) in [7, 11) is 1.56. The van der Waals surface area contributed by atoms with E-state index in [0.29, 0.717) is 33.5 Å². The number of hydrogen-bond donors (Lipinski definition) is 1. The lowest BCUT2D eigenvalue weighted by Crippen LogP contribution is -2.26. The molecule has 0 aliphatic rings. The van der Waals surface area contributed by atoms with Gasteiger partial charge in [-0.3, -0.25) is 14.2 Å². The monoisotopic (exact) mass is 409 g/mol. The number of halogens is 1. The van der Waals surface area contributed by atoms with Crippen molar-refractivity contribution in [2.24, 2.45) is 5.73 Å². The van der Waals surface area contributed by atoms with Gasteiger partial charge in [0.2, 0.25) is 5.91 Å². The maximum absolute atomic E-state index is 13.2. The first kappa shape index (κ1) is 18.9. The summed E-state index contributed by atoms with van der Waals surface area (Å²) in [6.07, 6.45) is 0. The lowest BCUT2D eigenvalue weighted by molar-refractivity contribution is -0.115. The molecular formula is C17H16ClN3O3S2. The van der Waals surface area contributed by atoms with Crippen molar-refractivity contribution >= 4 is 50.8 Å². The molecule has 9 heteroatoms. The standard InChI is InChI=1S/C17H16ClN3O3S2/c1-24-7-6-21-16(23)14-11(10-4-2-3-5-12(10)18)8-25-15(14)20-17(21)26-9-13(19)22/h2-5,8H,6-7,9H2,1H3,(H2,19,22). The summed E-state index contributed by atoms with van der Waals surface area (Å²) in [4.78, 5) is 29.5. The van der Waals surface area contributed by atoms with Crippen LogP contribution in [-0.2, 0) is 16.1 Å². The second kappa shape index (κ2) is 8.22. The topological polar surface area (TPSA) is 87.2 Å². The average molecular weight is 410 g/mol. The molecule has 2 heterocycles. The molecule has 0 aliphatic heterocycles. The molecule has 3 rings (SSSR count). The lowest BCUT2D eigenvalue weighted by atomic mass is 10.1. The zero-order chi connectivity index (χ0) is 18.7. The van der Waals surface area contributed by atoms with E-state index in [1.165, 1.54) is 15.9 Å². The fourth-order valence-electron chi connectivity index (χ4n) is 2.51. The van der Waals surface area contributed by atoms with Crippen LogP contribution in [0.4, 0.5) is 0 Å². The first-order valence-corrected chi connectivity index (χ1v) is 9.94. The van der Waals surface area contributed by atoms with Crippen molar-refractivity contribution in [2.75, 3.05) is 19.5 Å². The van der Waals surface area contributed by atoms with E-state index in [1.807, 2.05) is 23.6 Å². The van der Waals surface area contributed by atoms with Crippen molar-refractivity contribution in [1.29, 1.82) is 0 Å². The van der Waals surface area contributed by atoms with Crippen LogP contribution < -0.4 is 11.3 Å². The Balaban J connectivity index is 2.19. The normalized spacial score (nSPS) is 11.2. The number of nitrogens with two attached hydrogens (primary N) is 1. The molecule has 1 amide bonds. The maximum Gasteiger partial charge on any atom is 0.263 e. The third-order valence-electron chi connectivity index (χ3n) is 3.69. The fraction of sp³-hybridized carbons (Fsp3) is 0.235. The van der Waals surface area contributed by atoms with E-state index < -0.39 is 5.91 Å². The number of methoxy groups -OCH3 is 1. The Bertz CT molecular complexity index is 1020. The van der Waals surface area contributed by atoms with Crippen molar-refractivity contribution in [3.8, 4) is 11.1 Å². The lowest BCUT2D eigenvalue weighted by Gasteiger charge is -2.11. The minimum atomic E-state index is -0.467. The van der Waals surface area contributed by atoms with Crippen LogP contribution >= 0.6 is 34.7 Å². The van der Waals surface area contributed by atoms with Crippen molar-refractivity contribution < 1.29 is 9.53 Å². The fourth-order valence-corrected chi connectivity index (χ4v) is 4.49. The van der Waals surface area contributed by atoms with Gasteiger partial charge >= 0.3 is 0 Å². The highest BCUT2D eigenvalue weighted by atomic mass is 35.5. The summed E-state index contributed by atoms with van der Waals surface area (Å²) < 4.78 is 6.62. The highest BCUT2D eigenvalue weighted by molar-refractivity contribution is 7.99. The molecule has 0 spiro atoms. The molecule has 2 aromatic heterocycles. The van der Waals surface area contributed by atoms with Gasteiger partial charge in [-0.1, -0.05) is 41.6 Å². The van der Waals surface area contributed by atoms with Gasteiger partial charge in [0.05, 0.1) is 24.3 Å². The minimum Gasteiger partial charge on any atom is -0.383 e. The predicted molar refractivity (Wildman–Crippen MR) is 106 cm³/mol. The Morgan fingerprint density at radius 1 is 1.38 bits per heavy atom. The second-order valence-corrected chi connectivity index (χ2v) is 7.62. The zero-order valence-electron chi connectivity index (χ0n) is 13.9. The van der Waals surface area contributed by atoms with Crippen LogP contribution in [0, 0.1) is 0 Å². The average Bonchev–Trinajstić information content (AvgIpc) is 3.03. The van der Waals surface area contributed by atoms with E-state index >= 15 is 0 Å². The molecule has 0 saturated carbocycles. The third-order valence-corrected chi connectivity index (χ3v) is 5.89. The number of hydrogen-bond acceptors (Lipinski definition) is 6. The molecule has 1 aromatic carbocycles. The van der Waals surface area contributed by atoms with Gasteiger partial charge in [0.15, 0.2) is 5.16 Å². The number of amides is 1. The van der Waals surface area contributed by atoms with Crippen LogP contribution in [0.1, 0.15) is 0 Å². The number of carbonyl (C=O) groups is 1. The van der Waals surface area contributed by atoms with Gasteiger partial charge in [0, 0.05) is 28.6 Å². The zero-order valence-corrected chi connectivity index (χ0v) is 16.3. The molecule has 0 radical (unpaired) electrons. The molecule has 26 heavy (non-hydrogen) atoms. The minimum absolute atomic E-state index is 0.0493. The van der Waals surface area contributed by atoms with E-state index in [-0.39, 0.29) is 11.3 Å². The smallest absolute Gasteiger partial charge is 0.263 e. The van der Waals surface area contributed by atoms with E-state index in [4.69, 9.17) is 22.1 Å². The highest BCUT2D eigenvalue weighted by Gasteiger charge is 2.18. The number of primary amides is 1. The van der Waals surface area contributed by atoms with E-state index in [0.717, 1.165) is 22.9 Å². The SMILES string of the molecule is COCCn1c(SCC(N)=O)nc2scc(-c3ccccc3Cl)c2c1=O. The molecule has 0 aliphatic carbocycles. The second-order valence-electron chi connectivity index (χ2n) is 5.41. The number of ether oxygens (including phenoxy) is 1. The van der Waals surface area contributed by atoms with Crippen LogP contribution in [0.3, 0.4) is 0 Å². The molecule has 0 saturated heterocycles. The van der Waals surface area contributed by atoms with Crippen LogP contribution in [0.2, 0.25) is 5.02 Å². The van der Waals surface area contributed by atoms with Crippen molar-refractivity contribution in [3.05, 3.63) is 45.0 Å². The van der Waals surface area contributed by atoms with Gasteiger partial charge in [-0.2, -0.15) is 0 Å². The largest absolute Gasteiger partial charge is 0.383 e. The molecule has 0 atom stereocenters. The van der Waals surface area contributed by atoms with Crippen LogP contribution in [0.25, 0.3) is 21.3 Å². The van der Waals surface area contributed by atoms with Crippen LogP contribution in [0.5, 0.6) is 0 Å². The quantitative estimate of drug-likeness (QED) is 0.478. The number of nitrogens with zero attached hydrogens (tertiary/aromatic N) is 2. The van der Waals surface area contributed by atoms with Gasteiger partial charge in [-0.15, -0.1) is 11.3 Å². The Morgan fingerprint density at radius 2 is 2.15 bits per heavy atom. The summed E-state index contributed by atoms with van der Waals surface area (Å²) in [5, 5.41) is 3.42. The van der Waals surface area contributed by atoms with Crippen LogP contribution in [0.15, 0.2) is 39.6 Å². The van der Waals surface area contributed by atoms with E-state index in [1.54, 1.807) is 13.2 Å².